The summed E-state index contributed by atoms with van der Waals surface area (Å²) in [5.41, 5.74) is 0.464. The van der Waals surface area contributed by atoms with Crippen LogP contribution in [0.4, 0.5) is 0 Å². The standard InChI is InChI=1S/C20H31N5O2/c1-4-24(5-2)20(27)18-10-16(13-25(18)17-8-6-7-9-17)23-19(26)15-11-21-14(3)22-12-15/h11-12,16-18H,4-10,13H2,1-3H3,(H,23,26)/t16-,18+/m1/s1. The summed E-state index contributed by atoms with van der Waals surface area (Å²) < 4.78 is 0. The number of amides is 2. The Morgan fingerprint density at radius 2 is 1.81 bits per heavy atom. The fourth-order valence-corrected chi connectivity index (χ4v) is 4.37. The predicted octanol–water partition coefficient (Wildman–Crippen LogP) is 1.77. The van der Waals surface area contributed by atoms with Gasteiger partial charge in [-0.05, 0) is 40.0 Å². The molecule has 1 aromatic rings. The van der Waals surface area contributed by atoms with E-state index in [9.17, 15) is 9.59 Å². The summed E-state index contributed by atoms with van der Waals surface area (Å²) in [7, 11) is 0. The van der Waals surface area contributed by atoms with E-state index in [0.29, 0.717) is 23.9 Å². The van der Waals surface area contributed by atoms with Crippen molar-refractivity contribution in [3.63, 3.8) is 0 Å². The van der Waals surface area contributed by atoms with Crippen molar-refractivity contribution < 1.29 is 9.59 Å². The zero-order valence-corrected chi connectivity index (χ0v) is 16.6. The number of aryl methyl sites for hydroxylation is 1. The molecule has 2 fully saturated rings. The topological polar surface area (TPSA) is 78.4 Å². The average Bonchev–Trinajstić information content (AvgIpc) is 3.32. The molecule has 0 aromatic carbocycles. The van der Waals surface area contributed by atoms with Crippen molar-refractivity contribution in [3.05, 3.63) is 23.8 Å². The van der Waals surface area contributed by atoms with Gasteiger partial charge in [-0.2, -0.15) is 0 Å². The highest BCUT2D eigenvalue weighted by atomic mass is 16.2. The van der Waals surface area contributed by atoms with E-state index < -0.39 is 0 Å². The van der Waals surface area contributed by atoms with Crippen LogP contribution in [0.2, 0.25) is 0 Å². The lowest BCUT2D eigenvalue weighted by Gasteiger charge is -2.32. The van der Waals surface area contributed by atoms with Gasteiger partial charge in [0.1, 0.15) is 5.82 Å². The van der Waals surface area contributed by atoms with E-state index >= 15 is 0 Å². The molecule has 3 rings (SSSR count). The molecule has 2 heterocycles. The largest absolute Gasteiger partial charge is 0.348 e. The van der Waals surface area contributed by atoms with E-state index in [1.54, 1.807) is 19.3 Å². The van der Waals surface area contributed by atoms with E-state index in [-0.39, 0.29) is 23.9 Å². The van der Waals surface area contributed by atoms with Gasteiger partial charge in [0.2, 0.25) is 5.91 Å². The minimum atomic E-state index is -0.165. The van der Waals surface area contributed by atoms with Gasteiger partial charge in [-0.15, -0.1) is 0 Å². The van der Waals surface area contributed by atoms with E-state index in [0.717, 1.165) is 32.5 Å². The molecule has 0 unspecified atom stereocenters. The zero-order valence-electron chi connectivity index (χ0n) is 16.6. The van der Waals surface area contributed by atoms with Crippen LogP contribution in [-0.2, 0) is 4.79 Å². The van der Waals surface area contributed by atoms with Crippen LogP contribution in [0.25, 0.3) is 0 Å². The number of nitrogens with one attached hydrogen (secondary N) is 1. The third-order valence-electron chi connectivity index (χ3n) is 5.87. The SMILES string of the molecule is CCN(CC)C(=O)[C@@H]1C[C@@H](NC(=O)c2cnc(C)nc2)CN1C1CCCC1. The zero-order chi connectivity index (χ0) is 19.4. The van der Waals surface area contributed by atoms with Gasteiger partial charge >= 0.3 is 0 Å². The molecule has 0 radical (unpaired) electrons. The summed E-state index contributed by atoms with van der Waals surface area (Å²) in [5, 5.41) is 3.10. The molecular weight excluding hydrogens is 342 g/mol. The highest BCUT2D eigenvalue weighted by Crippen LogP contribution is 2.31. The number of hydrogen-bond donors (Lipinski definition) is 1. The number of hydrogen-bond acceptors (Lipinski definition) is 5. The fourth-order valence-electron chi connectivity index (χ4n) is 4.37. The van der Waals surface area contributed by atoms with Gasteiger partial charge in [-0.25, -0.2) is 9.97 Å². The van der Waals surface area contributed by atoms with Gasteiger partial charge in [-0.3, -0.25) is 14.5 Å². The van der Waals surface area contributed by atoms with Crippen LogP contribution in [0, 0.1) is 6.92 Å². The molecule has 1 saturated carbocycles. The third-order valence-corrected chi connectivity index (χ3v) is 5.87. The molecule has 1 aliphatic heterocycles. The van der Waals surface area contributed by atoms with Gasteiger partial charge in [0.15, 0.2) is 0 Å². The van der Waals surface area contributed by atoms with Gasteiger partial charge in [0, 0.05) is 44.1 Å². The maximum Gasteiger partial charge on any atom is 0.254 e. The summed E-state index contributed by atoms with van der Waals surface area (Å²) in [4.78, 5) is 38.1. The summed E-state index contributed by atoms with van der Waals surface area (Å²) in [6, 6.07) is 0.301. The molecule has 7 nitrogen and oxygen atoms in total. The first-order valence-electron chi connectivity index (χ1n) is 10.2. The second-order valence-corrected chi connectivity index (χ2v) is 7.59. The summed E-state index contributed by atoms with van der Waals surface area (Å²) >= 11 is 0. The van der Waals surface area contributed by atoms with E-state index in [1.165, 1.54) is 12.8 Å². The Morgan fingerprint density at radius 3 is 2.41 bits per heavy atom. The molecule has 7 heteroatoms. The van der Waals surface area contributed by atoms with Crippen molar-refractivity contribution in [2.45, 2.75) is 71.0 Å². The van der Waals surface area contributed by atoms with Crippen LogP contribution in [-0.4, -0.2) is 69.3 Å². The first kappa shape index (κ1) is 19.7. The summed E-state index contributed by atoms with van der Waals surface area (Å²) in [6.45, 7) is 8.02. The van der Waals surface area contributed by atoms with Crippen LogP contribution >= 0.6 is 0 Å². The second-order valence-electron chi connectivity index (χ2n) is 7.59. The first-order chi connectivity index (χ1) is 13.0. The minimum Gasteiger partial charge on any atom is -0.348 e. The maximum absolute atomic E-state index is 13.1. The van der Waals surface area contributed by atoms with Crippen molar-refractivity contribution in [2.24, 2.45) is 0 Å². The number of aromatic nitrogens is 2. The van der Waals surface area contributed by atoms with Crippen molar-refractivity contribution in [3.8, 4) is 0 Å². The Balaban J connectivity index is 1.70. The molecule has 1 aromatic heterocycles. The first-order valence-corrected chi connectivity index (χ1v) is 10.2. The van der Waals surface area contributed by atoms with Gasteiger partial charge in [-0.1, -0.05) is 12.8 Å². The molecule has 27 heavy (non-hydrogen) atoms. The monoisotopic (exact) mass is 373 g/mol. The molecular formula is C20H31N5O2. The molecule has 2 amide bonds. The van der Waals surface area contributed by atoms with Crippen LogP contribution < -0.4 is 5.32 Å². The number of rotatable bonds is 6. The lowest BCUT2D eigenvalue weighted by molar-refractivity contribution is -0.136. The summed E-state index contributed by atoms with van der Waals surface area (Å²) in [5.74, 6) is 0.675. The van der Waals surface area contributed by atoms with Crippen LogP contribution in [0.1, 0.15) is 62.1 Å². The average molecular weight is 374 g/mol. The Morgan fingerprint density at radius 1 is 1.19 bits per heavy atom. The van der Waals surface area contributed by atoms with Gasteiger partial charge in [0.05, 0.1) is 11.6 Å². The molecule has 0 bridgehead atoms. The van der Waals surface area contributed by atoms with E-state index in [4.69, 9.17) is 0 Å². The third kappa shape index (κ3) is 4.46. The smallest absolute Gasteiger partial charge is 0.254 e. The normalized spacial score (nSPS) is 23.5. The van der Waals surface area contributed by atoms with Crippen LogP contribution in [0.3, 0.4) is 0 Å². The van der Waals surface area contributed by atoms with Crippen molar-refractivity contribution in [2.75, 3.05) is 19.6 Å². The van der Waals surface area contributed by atoms with Crippen molar-refractivity contribution >= 4 is 11.8 Å². The van der Waals surface area contributed by atoms with Crippen molar-refractivity contribution in [1.82, 2.24) is 25.1 Å². The Labute approximate surface area is 161 Å². The minimum absolute atomic E-state index is 0.0242. The van der Waals surface area contributed by atoms with Gasteiger partial charge in [0.25, 0.3) is 5.91 Å². The molecule has 2 aliphatic rings. The number of likely N-dealkylation sites (tertiary alicyclic amines) is 1. The summed E-state index contributed by atoms with van der Waals surface area (Å²) in [6.07, 6.45) is 8.53. The van der Waals surface area contributed by atoms with E-state index in [1.807, 2.05) is 18.7 Å². The Hall–Kier alpha value is -2.02. The predicted molar refractivity (Wildman–Crippen MR) is 103 cm³/mol. The quantitative estimate of drug-likeness (QED) is 0.822. The highest BCUT2D eigenvalue weighted by molar-refractivity contribution is 5.94. The van der Waals surface area contributed by atoms with Crippen molar-refractivity contribution in [1.29, 1.82) is 0 Å². The van der Waals surface area contributed by atoms with Gasteiger partial charge < -0.3 is 10.2 Å². The number of carbonyl (C=O) groups excluding carboxylic acids is 2. The van der Waals surface area contributed by atoms with E-state index in [2.05, 4.69) is 20.2 Å². The molecule has 2 atom stereocenters. The number of carbonyl (C=O) groups is 2. The molecule has 0 spiro atoms. The lowest BCUT2D eigenvalue weighted by atomic mass is 10.1. The highest BCUT2D eigenvalue weighted by Gasteiger charge is 2.42. The molecule has 1 aliphatic carbocycles. The maximum atomic E-state index is 13.1. The Kier molecular flexibility index (Phi) is 6.42. The molecule has 1 saturated heterocycles. The van der Waals surface area contributed by atoms with Crippen LogP contribution in [0.5, 0.6) is 0 Å². The fraction of sp³-hybridized carbons (Fsp3) is 0.700. The lowest BCUT2D eigenvalue weighted by Crippen LogP contribution is -2.48. The molecule has 1 N–H and O–H groups in total. The number of nitrogens with zero attached hydrogens (tertiary/aromatic N) is 4. The van der Waals surface area contributed by atoms with Crippen LogP contribution in [0.15, 0.2) is 12.4 Å². The second kappa shape index (κ2) is 8.78. The number of likely N-dealkylation sites (N-methyl/N-ethyl adjacent to an activating group) is 1. The Bertz CT molecular complexity index is 653. The molecule has 148 valence electrons.